The monoisotopic (exact) mass is 207 g/mol. The average molecular weight is 207 g/mol. The fourth-order valence-electron chi connectivity index (χ4n) is 0.845. The summed E-state index contributed by atoms with van der Waals surface area (Å²) in [7, 11) is 1.99. The zero-order valence-electron chi connectivity index (χ0n) is 7.92. The SMILES string of the molecule is CCC(SC(C)=O)[Si](OC)OC. The van der Waals surface area contributed by atoms with Gasteiger partial charge in [-0.15, -0.1) is 0 Å². The molecule has 0 aliphatic carbocycles. The third-order valence-electron chi connectivity index (χ3n) is 1.34. The maximum atomic E-state index is 10.8. The molecule has 0 amide bonds. The van der Waals surface area contributed by atoms with Crippen LogP contribution in [0.3, 0.4) is 0 Å². The lowest BCUT2D eigenvalue weighted by atomic mass is 10.6. The Balaban J connectivity index is 4.01. The summed E-state index contributed by atoms with van der Waals surface area (Å²) in [6.45, 7) is 3.60. The van der Waals surface area contributed by atoms with E-state index in [0.29, 0.717) is 0 Å². The van der Waals surface area contributed by atoms with Crippen LogP contribution in [0.5, 0.6) is 0 Å². The second-order valence-corrected chi connectivity index (χ2v) is 6.18. The molecule has 0 rings (SSSR count). The molecule has 0 aromatic carbocycles. The number of thioether (sulfide) groups is 1. The van der Waals surface area contributed by atoms with Crippen molar-refractivity contribution in [2.24, 2.45) is 0 Å². The summed E-state index contributed by atoms with van der Waals surface area (Å²) in [6.07, 6.45) is 0.903. The van der Waals surface area contributed by atoms with E-state index in [4.69, 9.17) is 8.85 Å². The Labute approximate surface area is 79.7 Å². The highest BCUT2D eigenvalue weighted by molar-refractivity contribution is 8.15. The van der Waals surface area contributed by atoms with E-state index in [-0.39, 0.29) is 9.99 Å². The largest absolute Gasteiger partial charge is 0.398 e. The first-order valence-corrected chi connectivity index (χ1v) is 6.05. The lowest BCUT2D eigenvalue weighted by molar-refractivity contribution is -0.109. The van der Waals surface area contributed by atoms with Gasteiger partial charge in [0.25, 0.3) is 0 Å². The van der Waals surface area contributed by atoms with Crippen LogP contribution >= 0.6 is 11.8 Å². The van der Waals surface area contributed by atoms with Crippen molar-refractivity contribution < 1.29 is 13.6 Å². The Morgan fingerprint density at radius 3 is 2.25 bits per heavy atom. The van der Waals surface area contributed by atoms with Gasteiger partial charge in [0.2, 0.25) is 0 Å². The van der Waals surface area contributed by atoms with Crippen molar-refractivity contribution >= 4 is 26.2 Å². The molecule has 0 aromatic heterocycles. The van der Waals surface area contributed by atoms with Crippen molar-refractivity contribution in [3.05, 3.63) is 0 Å². The first-order chi connectivity index (χ1) is 5.65. The molecule has 0 saturated heterocycles. The minimum atomic E-state index is -1.27. The van der Waals surface area contributed by atoms with Gasteiger partial charge in [-0.25, -0.2) is 0 Å². The van der Waals surface area contributed by atoms with Crippen molar-refractivity contribution in [3.63, 3.8) is 0 Å². The van der Waals surface area contributed by atoms with Gasteiger partial charge in [-0.3, -0.25) is 4.79 Å². The maximum Gasteiger partial charge on any atom is 0.398 e. The van der Waals surface area contributed by atoms with Gasteiger partial charge < -0.3 is 8.85 Å². The van der Waals surface area contributed by atoms with E-state index in [0.717, 1.165) is 6.42 Å². The van der Waals surface area contributed by atoms with Crippen LogP contribution in [0.1, 0.15) is 20.3 Å². The molecule has 0 aliphatic heterocycles. The van der Waals surface area contributed by atoms with Crippen LogP contribution in [-0.4, -0.2) is 33.5 Å². The third-order valence-corrected chi connectivity index (χ3v) is 4.96. The van der Waals surface area contributed by atoms with Gasteiger partial charge in [-0.2, -0.15) is 0 Å². The first-order valence-electron chi connectivity index (χ1n) is 3.77. The Morgan fingerprint density at radius 2 is 2.00 bits per heavy atom. The van der Waals surface area contributed by atoms with E-state index in [1.807, 2.05) is 6.92 Å². The highest BCUT2D eigenvalue weighted by atomic mass is 32.2. The zero-order chi connectivity index (χ0) is 9.56. The molecule has 12 heavy (non-hydrogen) atoms. The number of rotatable bonds is 5. The van der Waals surface area contributed by atoms with Crippen LogP contribution in [0.15, 0.2) is 0 Å². The third kappa shape index (κ3) is 4.25. The second-order valence-electron chi connectivity index (χ2n) is 2.23. The lowest BCUT2D eigenvalue weighted by Gasteiger charge is -2.17. The number of carbonyl (C=O) groups excluding carboxylic acids is 1. The van der Waals surface area contributed by atoms with E-state index >= 15 is 0 Å². The normalized spacial score (nSPS) is 13.4. The molecule has 71 valence electrons. The summed E-state index contributed by atoms with van der Waals surface area (Å²) in [5.74, 6) is 0. The topological polar surface area (TPSA) is 35.5 Å². The highest BCUT2D eigenvalue weighted by Crippen LogP contribution is 2.18. The molecule has 0 fully saturated rings. The Morgan fingerprint density at radius 1 is 1.50 bits per heavy atom. The van der Waals surface area contributed by atoms with Crippen molar-refractivity contribution in [2.75, 3.05) is 14.2 Å². The molecular formula is C7H15O3SSi. The molecule has 5 heteroatoms. The summed E-state index contributed by atoms with van der Waals surface area (Å²) in [5, 5.41) is 0.124. The molecule has 1 unspecified atom stereocenters. The Bertz CT molecular complexity index is 139. The fraction of sp³-hybridized carbons (Fsp3) is 0.857. The molecule has 3 nitrogen and oxygen atoms in total. The van der Waals surface area contributed by atoms with Gasteiger partial charge in [0.1, 0.15) is 0 Å². The summed E-state index contributed by atoms with van der Waals surface area (Å²) < 4.78 is 10.3. The number of hydrogen-bond acceptors (Lipinski definition) is 4. The smallest absolute Gasteiger partial charge is 0.396 e. The predicted octanol–water partition coefficient (Wildman–Crippen LogP) is 1.36. The minimum absolute atomic E-state index is 0.124. The van der Waals surface area contributed by atoms with Gasteiger partial charge in [-0.1, -0.05) is 18.7 Å². The lowest BCUT2D eigenvalue weighted by Crippen LogP contribution is -2.33. The average Bonchev–Trinajstić information content (AvgIpc) is 2.04. The predicted molar refractivity (Wildman–Crippen MR) is 52.1 cm³/mol. The summed E-state index contributed by atoms with van der Waals surface area (Å²) in [6, 6.07) is 0. The molecule has 0 aromatic rings. The number of hydrogen-bond donors (Lipinski definition) is 0. The van der Waals surface area contributed by atoms with E-state index in [2.05, 4.69) is 0 Å². The summed E-state index contributed by atoms with van der Waals surface area (Å²) >= 11 is 1.31. The zero-order valence-corrected chi connectivity index (χ0v) is 9.73. The Kier molecular flexibility index (Phi) is 6.74. The van der Waals surface area contributed by atoms with Crippen LogP contribution in [-0.2, 0) is 13.6 Å². The van der Waals surface area contributed by atoms with Gasteiger partial charge in [0.05, 0.1) is 4.87 Å². The van der Waals surface area contributed by atoms with E-state index in [9.17, 15) is 4.79 Å². The molecule has 0 saturated carbocycles. The second kappa shape index (κ2) is 6.65. The molecular weight excluding hydrogens is 192 g/mol. The van der Waals surface area contributed by atoms with Crippen LogP contribution in [0.4, 0.5) is 0 Å². The molecule has 1 radical (unpaired) electrons. The fourth-order valence-corrected chi connectivity index (χ4v) is 3.90. The van der Waals surface area contributed by atoms with E-state index in [1.165, 1.54) is 11.8 Å². The van der Waals surface area contributed by atoms with Gasteiger partial charge in [0, 0.05) is 21.1 Å². The molecule has 1 atom stereocenters. The molecule has 0 N–H and O–H groups in total. The van der Waals surface area contributed by atoms with Crippen LogP contribution in [0.25, 0.3) is 0 Å². The molecule has 0 bridgehead atoms. The van der Waals surface area contributed by atoms with Crippen molar-refractivity contribution in [1.29, 1.82) is 0 Å². The first kappa shape index (κ1) is 12.2. The summed E-state index contributed by atoms with van der Waals surface area (Å²) in [4.78, 5) is 11.0. The quantitative estimate of drug-likeness (QED) is 0.638. The van der Waals surface area contributed by atoms with Crippen molar-refractivity contribution in [1.82, 2.24) is 0 Å². The number of carbonyl (C=O) groups is 1. The van der Waals surface area contributed by atoms with E-state index < -0.39 is 9.28 Å². The van der Waals surface area contributed by atoms with E-state index in [1.54, 1.807) is 21.1 Å². The highest BCUT2D eigenvalue weighted by Gasteiger charge is 2.26. The van der Waals surface area contributed by atoms with Crippen LogP contribution < -0.4 is 0 Å². The Hall–Kier alpha value is 0.157. The molecule has 0 spiro atoms. The standard InChI is InChI=1S/C7H15O3SSi/c1-5-7(11-6(2)8)12(9-3)10-4/h7H,5H2,1-4H3. The van der Waals surface area contributed by atoms with Gasteiger partial charge >= 0.3 is 9.28 Å². The van der Waals surface area contributed by atoms with Gasteiger partial charge in [-0.05, 0) is 6.42 Å². The van der Waals surface area contributed by atoms with Gasteiger partial charge in [0.15, 0.2) is 5.12 Å². The minimum Gasteiger partial charge on any atom is -0.396 e. The van der Waals surface area contributed by atoms with Crippen molar-refractivity contribution in [2.45, 2.75) is 25.1 Å². The van der Waals surface area contributed by atoms with Crippen LogP contribution in [0, 0.1) is 0 Å². The molecule has 0 heterocycles. The van der Waals surface area contributed by atoms with Crippen molar-refractivity contribution in [3.8, 4) is 0 Å². The summed E-state index contributed by atoms with van der Waals surface area (Å²) in [5.41, 5.74) is 0. The van der Waals surface area contributed by atoms with Crippen LogP contribution in [0.2, 0.25) is 0 Å². The maximum absolute atomic E-state index is 10.8. The molecule has 0 aliphatic rings.